The minimum atomic E-state index is 0.658. The maximum atomic E-state index is 8.55. The monoisotopic (exact) mass is 264 g/mol. The lowest BCUT2D eigenvalue weighted by Gasteiger charge is -1.95. The third-order valence-electron chi connectivity index (χ3n) is 2.69. The van der Waals surface area contributed by atoms with E-state index in [2.05, 4.69) is 22.1 Å². The van der Waals surface area contributed by atoms with Crippen LogP contribution in [0.15, 0.2) is 24.4 Å². The van der Waals surface area contributed by atoms with Gasteiger partial charge in [0.2, 0.25) is 0 Å². The molecular weight excluding hydrogens is 248 g/mol. The lowest BCUT2D eigenvalue weighted by atomic mass is 10.2. The average molecular weight is 264 g/mol. The van der Waals surface area contributed by atoms with Crippen LogP contribution in [0.3, 0.4) is 0 Å². The lowest BCUT2D eigenvalue weighted by Crippen LogP contribution is -1.88. The minimum absolute atomic E-state index is 0.658. The van der Waals surface area contributed by atoms with E-state index in [1.807, 2.05) is 39.8 Å². The van der Waals surface area contributed by atoms with E-state index in [-0.39, 0.29) is 0 Å². The van der Waals surface area contributed by atoms with Crippen LogP contribution in [-0.2, 0) is 0 Å². The third kappa shape index (κ3) is 4.19. The second-order valence-corrected chi connectivity index (χ2v) is 4.45. The second-order valence-electron chi connectivity index (χ2n) is 4.45. The number of rotatable bonds is 0. The van der Waals surface area contributed by atoms with Gasteiger partial charge in [0.15, 0.2) is 0 Å². The number of nitriles is 2. The van der Waals surface area contributed by atoms with Crippen LogP contribution in [0, 0.1) is 50.4 Å². The Morgan fingerprint density at radius 1 is 0.900 bits per heavy atom. The Labute approximate surface area is 119 Å². The zero-order chi connectivity index (χ0) is 15.1. The number of nitrogens with zero attached hydrogens (tertiary/aromatic N) is 4. The summed E-state index contributed by atoms with van der Waals surface area (Å²) in [5.41, 5.74) is 4.92. The Bertz CT molecular complexity index is 691. The van der Waals surface area contributed by atoms with Crippen molar-refractivity contribution in [1.82, 2.24) is 9.97 Å². The van der Waals surface area contributed by atoms with Gasteiger partial charge in [-0.05, 0) is 51.5 Å². The van der Waals surface area contributed by atoms with Gasteiger partial charge in [0.1, 0.15) is 12.1 Å². The van der Waals surface area contributed by atoms with Crippen LogP contribution in [0.4, 0.5) is 0 Å². The first-order valence-electron chi connectivity index (χ1n) is 6.15. The molecular formula is C16H16N4. The first-order chi connectivity index (χ1) is 9.47. The summed E-state index contributed by atoms with van der Waals surface area (Å²) in [6.45, 7) is 7.50. The topological polar surface area (TPSA) is 73.4 Å². The van der Waals surface area contributed by atoms with Gasteiger partial charge >= 0.3 is 0 Å². The fourth-order valence-corrected chi connectivity index (χ4v) is 1.56. The number of hydrogen-bond acceptors (Lipinski definition) is 4. The Morgan fingerprint density at radius 3 is 2.05 bits per heavy atom. The van der Waals surface area contributed by atoms with Crippen molar-refractivity contribution in [1.29, 1.82) is 10.5 Å². The zero-order valence-electron chi connectivity index (χ0n) is 12.1. The van der Waals surface area contributed by atoms with Gasteiger partial charge in [-0.1, -0.05) is 0 Å². The van der Waals surface area contributed by atoms with Gasteiger partial charge in [0.05, 0.1) is 22.5 Å². The highest BCUT2D eigenvalue weighted by molar-refractivity contribution is 5.34. The molecule has 0 spiro atoms. The number of aromatic nitrogens is 2. The van der Waals surface area contributed by atoms with Crippen molar-refractivity contribution in [2.75, 3.05) is 0 Å². The van der Waals surface area contributed by atoms with E-state index in [9.17, 15) is 0 Å². The van der Waals surface area contributed by atoms with E-state index < -0.39 is 0 Å². The summed E-state index contributed by atoms with van der Waals surface area (Å²) in [6.07, 6.45) is 1.76. The standard InChI is InChI=1S/2C8H8N2/c1-6-3-8(4-9)7(2)10-5-6;1-6-3-4-8(5-9)7(2)10-6/h3,5H,1-2H3;3-4H,1-2H3. The summed E-state index contributed by atoms with van der Waals surface area (Å²) < 4.78 is 0. The van der Waals surface area contributed by atoms with Gasteiger partial charge in [0.25, 0.3) is 0 Å². The molecule has 2 aromatic heterocycles. The lowest BCUT2D eigenvalue weighted by molar-refractivity contribution is 1.11. The van der Waals surface area contributed by atoms with E-state index in [0.29, 0.717) is 11.1 Å². The van der Waals surface area contributed by atoms with E-state index >= 15 is 0 Å². The Balaban J connectivity index is 0.000000200. The van der Waals surface area contributed by atoms with Gasteiger partial charge in [0, 0.05) is 11.9 Å². The fraction of sp³-hybridized carbons (Fsp3) is 0.250. The molecule has 4 heteroatoms. The molecule has 0 N–H and O–H groups in total. The molecule has 0 amide bonds. The normalized spacial score (nSPS) is 8.90. The van der Waals surface area contributed by atoms with Crippen molar-refractivity contribution in [3.8, 4) is 12.1 Å². The zero-order valence-corrected chi connectivity index (χ0v) is 12.1. The molecule has 0 unspecified atom stereocenters. The van der Waals surface area contributed by atoms with Crippen molar-refractivity contribution >= 4 is 0 Å². The maximum absolute atomic E-state index is 8.55. The molecule has 0 bridgehead atoms. The van der Waals surface area contributed by atoms with Gasteiger partial charge in [-0.15, -0.1) is 0 Å². The highest BCUT2D eigenvalue weighted by Gasteiger charge is 1.96. The maximum Gasteiger partial charge on any atom is 0.101 e. The molecule has 0 saturated heterocycles. The number of pyridine rings is 2. The molecule has 2 rings (SSSR count). The Kier molecular flexibility index (Phi) is 5.38. The molecule has 0 aliphatic rings. The summed E-state index contributed by atoms with van der Waals surface area (Å²) >= 11 is 0. The van der Waals surface area contributed by atoms with Crippen LogP contribution in [0.1, 0.15) is 33.8 Å². The van der Waals surface area contributed by atoms with Crippen LogP contribution in [-0.4, -0.2) is 9.97 Å². The third-order valence-corrected chi connectivity index (χ3v) is 2.69. The van der Waals surface area contributed by atoms with Crippen molar-refractivity contribution in [3.63, 3.8) is 0 Å². The predicted molar refractivity (Wildman–Crippen MR) is 76.9 cm³/mol. The molecule has 0 aliphatic carbocycles. The first-order valence-corrected chi connectivity index (χ1v) is 6.15. The highest BCUT2D eigenvalue weighted by atomic mass is 14.7. The highest BCUT2D eigenvalue weighted by Crippen LogP contribution is 2.04. The molecule has 0 fully saturated rings. The largest absolute Gasteiger partial charge is 0.260 e. The van der Waals surface area contributed by atoms with Gasteiger partial charge in [-0.3, -0.25) is 9.97 Å². The second kappa shape index (κ2) is 7.01. The predicted octanol–water partition coefficient (Wildman–Crippen LogP) is 3.14. The molecule has 0 atom stereocenters. The Morgan fingerprint density at radius 2 is 1.55 bits per heavy atom. The quantitative estimate of drug-likeness (QED) is 0.732. The van der Waals surface area contributed by atoms with Crippen molar-refractivity contribution in [2.24, 2.45) is 0 Å². The van der Waals surface area contributed by atoms with E-state index in [1.54, 1.807) is 12.3 Å². The van der Waals surface area contributed by atoms with Crippen LogP contribution >= 0.6 is 0 Å². The molecule has 20 heavy (non-hydrogen) atoms. The molecule has 0 radical (unpaired) electrons. The smallest absolute Gasteiger partial charge is 0.101 e. The van der Waals surface area contributed by atoms with Gasteiger partial charge in [-0.2, -0.15) is 10.5 Å². The molecule has 4 nitrogen and oxygen atoms in total. The number of aryl methyl sites for hydroxylation is 4. The van der Waals surface area contributed by atoms with Crippen molar-refractivity contribution in [3.05, 3.63) is 58.2 Å². The molecule has 2 aromatic rings. The molecule has 0 aliphatic heterocycles. The summed E-state index contributed by atoms with van der Waals surface area (Å²) in [7, 11) is 0. The van der Waals surface area contributed by atoms with Crippen molar-refractivity contribution < 1.29 is 0 Å². The summed E-state index contributed by atoms with van der Waals surface area (Å²) in [6, 6.07) is 9.60. The number of hydrogen-bond donors (Lipinski definition) is 0. The SMILES string of the molecule is Cc1ccc(C#N)c(C)n1.Cc1cnc(C)c(C#N)c1. The first kappa shape index (κ1) is 15.3. The molecule has 100 valence electrons. The van der Waals surface area contributed by atoms with E-state index in [1.165, 1.54) is 0 Å². The average Bonchev–Trinajstić information content (AvgIpc) is 2.42. The van der Waals surface area contributed by atoms with E-state index in [4.69, 9.17) is 10.5 Å². The molecule has 0 saturated carbocycles. The molecule has 0 aromatic carbocycles. The van der Waals surface area contributed by atoms with E-state index in [0.717, 1.165) is 22.6 Å². The summed E-state index contributed by atoms with van der Waals surface area (Å²) in [4.78, 5) is 8.15. The van der Waals surface area contributed by atoms with Crippen LogP contribution < -0.4 is 0 Å². The minimum Gasteiger partial charge on any atom is -0.260 e. The van der Waals surface area contributed by atoms with Gasteiger partial charge in [-0.25, -0.2) is 0 Å². The van der Waals surface area contributed by atoms with Crippen molar-refractivity contribution in [2.45, 2.75) is 27.7 Å². The van der Waals surface area contributed by atoms with Crippen LogP contribution in [0.25, 0.3) is 0 Å². The van der Waals surface area contributed by atoms with Crippen LogP contribution in [0.2, 0.25) is 0 Å². The van der Waals surface area contributed by atoms with Crippen LogP contribution in [0.5, 0.6) is 0 Å². The summed E-state index contributed by atoms with van der Waals surface area (Å²) in [5, 5.41) is 17.1. The fourth-order valence-electron chi connectivity index (χ4n) is 1.56. The van der Waals surface area contributed by atoms with Gasteiger partial charge < -0.3 is 0 Å². The summed E-state index contributed by atoms with van der Waals surface area (Å²) in [5.74, 6) is 0. The molecule has 2 heterocycles. The Hall–Kier alpha value is -2.72.